The molecular weight excluding hydrogens is 220 g/mol. The SMILES string of the molecule is Cc1c(C)c(C)c2c(c(C)nn2C(C)(C)C)c1C. The fraction of sp³-hybridized carbons (Fsp3) is 0.562. The molecule has 0 spiro atoms. The molecule has 2 nitrogen and oxygen atoms in total. The minimum atomic E-state index is 0.0193. The van der Waals surface area contributed by atoms with Crippen LogP contribution in [0.4, 0.5) is 0 Å². The number of rotatable bonds is 0. The normalized spacial score (nSPS) is 12.4. The Morgan fingerprint density at radius 3 is 1.78 bits per heavy atom. The first kappa shape index (κ1) is 13.1. The molecule has 0 unspecified atom stereocenters. The van der Waals surface area contributed by atoms with E-state index in [-0.39, 0.29) is 5.54 Å². The molecule has 0 N–H and O–H groups in total. The fourth-order valence-corrected chi connectivity index (χ4v) is 2.74. The number of fused-ring (bicyclic) bond motifs is 1. The van der Waals surface area contributed by atoms with Gasteiger partial charge in [0, 0.05) is 5.39 Å². The van der Waals surface area contributed by atoms with Crippen LogP contribution in [0.15, 0.2) is 0 Å². The van der Waals surface area contributed by atoms with Crippen LogP contribution < -0.4 is 0 Å². The Labute approximate surface area is 110 Å². The summed E-state index contributed by atoms with van der Waals surface area (Å²) in [5.74, 6) is 0. The van der Waals surface area contributed by atoms with Gasteiger partial charge in [0.25, 0.3) is 0 Å². The molecule has 1 heterocycles. The van der Waals surface area contributed by atoms with Crippen LogP contribution >= 0.6 is 0 Å². The molecule has 1 aromatic heterocycles. The highest BCUT2D eigenvalue weighted by atomic mass is 15.3. The highest BCUT2D eigenvalue weighted by Crippen LogP contribution is 2.33. The molecule has 18 heavy (non-hydrogen) atoms. The molecular formula is C16H24N2. The summed E-state index contributed by atoms with van der Waals surface area (Å²) in [7, 11) is 0. The molecule has 2 heteroatoms. The lowest BCUT2D eigenvalue weighted by Crippen LogP contribution is -2.23. The molecule has 0 radical (unpaired) electrons. The average Bonchev–Trinajstić information content (AvgIpc) is 2.61. The van der Waals surface area contributed by atoms with Gasteiger partial charge in [0.1, 0.15) is 0 Å². The average molecular weight is 244 g/mol. The van der Waals surface area contributed by atoms with Gasteiger partial charge >= 0.3 is 0 Å². The Morgan fingerprint density at radius 1 is 0.778 bits per heavy atom. The van der Waals surface area contributed by atoms with Crippen molar-refractivity contribution in [1.29, 1.82) is 0 Å². The van der Waals surface area contributed by atoms with E-state index < -0.39 is 0 Å². The Kier molecular flexibility index (Phi) is 2.80. The second-order valence-electron chi connectivity index (χ2n) is 6.39. The maximum atomic E-state index is 4.78. The highest BCUT2D eigenvalue weighted by Gasteiger charge is 2.22. The van der Waals surface area contributed by atoms with Gasteiger partial charge in [-0.2, -0.15) is 5.10 Å². The zero-order valence-electron chi connectivity index (χ0n) is 12.9. The van der Waals surface area contributed by atoms with Crippen LogP contribution in [0.1, 0.15) is 48.7 Å². The van der Waals surface area contributed by atoms with Gasteiger partial charge in [0.05, 0.1) is 16.7 Å². The zero-order chi connectivity index (χ0) is 13.8. The van der Waals surface area contributed by atoms with Gasteiger partial charge in [-0.05, 0) is 77.6 Å². The third kappa shape index (κ3) is 1.66. The second-order valence-corrected chi connectivity index (χ2v) is 6.39. The van der Waals surface area contributed by atoms with Gasteiger partial charge in [-0.25, -0.2) is 0 Å². The van der Waals surface area contributed by atoms with Crippen molar-refractivity contribution in [2.45, 2.75) is 60.9 Å². The quantitative estimate of drug-likeness (QED) is 0.674. The topological polar surface area (TPSA) is 17.8 Å². The van der Waals surface area contributed by atoms with Gasteiger partial charge in [-0.15, -0.1) is 0 Å². The molecule has 0 aliphatic rings. The van der Waals surface area contributed by atoms with E-state index in [0.29, 0.717) is 0 Å². The third-order valence-corrected chi connectivity index (χ3v) is 4.11. The first-order chi connectivity index (χ1) is 8.16. The number of benzene rings is 1. The van der Waals surface area contributed by atoms with Gasteiger partial charge in [0.2, 0.25) is 0 Å². The molecule has 98 valence electrons. The first-order valence-electron chi connectivity index (χ1n) is 6.62. The van der Waals surface area contributed by atoms with E-state index in [1.54, 1.807) is 0 Å². The van der Waals surface area contributed by atoms with Crippen LogP contribution in [-0.2, 0) is 5.54 Å². The lowest BCUT2D eigenvalue weighted by atomic mass is 9.94. The summed E-state index contributed by atoms with van der Waals surface area (Å²) in [6.07, 6.45) is 0. The smallest absolute Gasteiger partial charge is 0.0726 e. The van der Waals surface area contributed by atoms with E-state index in [1.807, 2.05) is 0 Å². The number of hydrogen-bond acceptors (Lipinski definition) is 1. The van der Waals surface area contributed by atoms with Crippen LogP contribution in [0.25, 0.3) is 10.9 Å². The molecule has 0 saturated heterocycles. The molecule has 0 atom stereocenters. The lowest BCUT2D eigenvalue weighted by Gasteiger charge is -2.22. The van der Waals surface area contributed by atoms with Crippen LogP contribution in [0.2, 0.25) is 0 Å². The predicted molar refractivity (Wildman–Crippen MR) is 78.4 cm³/mol. The van der Waals surface area contributed by atoms with E-state index in [1.165, 1.54) is 33.2 Å². The third-order valence-electron chi connectivity index (χ3n) is 4.11. The molecule has 2 aromatic rings. The Morgan fingerprint density at radius 2 is 1.28 bits per heavy atom. The molecule has 0 aliphatic heterocycles. The number of hydrogen-bond donors (Lipinski definition) is 0. The van der Waals surface area contributed by atoms with Gasteiger partial charge in [-0.1, -0.05) is 0 Å². The Bertz CT molecular complexity index is 625. The van der Waals surface area contributed by atoms with E-state index >= 15 is 0 Å². The lowest BCUT2D eigenvalue weighted by molar-refractivity contribution is 0.366. The van der Waals surface area contributed by atoms with E-state index in [2.05, 4.69) is 60.1 Å². The molecule has 0 fully saturated rings. The summed E-state index contributed by atoms with van der Waals surface area (Å²) in [4.78, 5) is 0. The van der Waals surface area contributed by atoms with E-state index in [4.69, 9.17) is 5.10 Å². The summed E-state index contributed by atoms with van der Waals surface area (Å²) in [5, 5.41) is 6.12. The van der Waals surface area contributed by atoms with Crippen LogP contribution in [0.5, 0.6) is 0 Å². The van der Waals surface area contributed by atoms with E-state index in [0.717, 1.165) is 5.69 Å². The molecule has 0 amide bonds. The summed E-state index contributed by atoms with van der Waals surface area (Å²) in [5.41, 5.74) is 8.00. The van der Waals surface area contributed by atoms with Gasteiger partial charge in [-0.3, -0.25) is 4.68 Å². The van der Waals surface area contributed by atoms with E-state index in [9.17, 15) is 0 Å². The van der Waals surface area contributed by atoms with Gasteiger partial charge in [0.15, 0.2) is 0 Å². The summed E-state index contributed by atoms with van der Waals surface area (Å²) < 4.78 is 2.19. The van der Waals surface area contributed by atoms with Gasteiger partial charge < -0.3 is 0 Å². The van der Waals surface area contributed by atoms with Crippen molar-refractivity contribution < 1.29 is 0 Å². The van der Waals surface area contributed by atoms with Crippen molar-refractivity contribution in [3.05, 3.63) is 27.9 Å². The van der Waals surface area contributed by atoms with Crippen molar-refractivity contribution in [1.82, 2.24) is 9.78 Å². The summed E-state index contributed by atoms with van der Waals surface area (Å²) >= 11 is 0. The Hall–Kier alpha value is -1.31. The van der Waals surface area contributed by atoms with Crippen LogP contribution in [0.3, 0.4) is 0 Å². The second kappa shape index (κ2) is 3.84. The fourth-order valence-electron chi connectivity index (χ4n) is 2.74. The molecule has 0 aliphatic carbocycles. The maximum absolute atomic E-state index is 4.78. The van der Waals surface area contributed by atoms with Crippen molar-refractivity contribution in [3.63, 3.8) is 0 Å². The van der Waals surface area contributed by atoms with Crippen molar-refractivity contribution in [2.75, 3.05) is 0 Å². The van der Waals surface area contributed by atoms with Crippen LogP contribution in [-0.4, -0.2) is 9.78 Å². The Balaban J connectivity index is 3.05. The molecule has 0 bridgehead atoms. The predicted octanol–water partition coefficient (Wildman–Crippen LogP) is 4.33. The molecule has 1 aromatic carbocycles. The van der Waals surface area contributed by atoms with Crippen molar-refractivity contribution >= 4 is 10.9 Å². The number of nitrogens with zero attached hydrogens (tertiary/aromatic N) is 2. The number of aromatic nitrogens is 2. The standard InChI is InChI=1S/C16H24N2/c1-9-10(2)12(4)15-14(11(9)3)13(5)17-18(15)16(6,7)8/h1-8H3. The maximum Gasteiger partial charge on any atom is 0.0726 e. The summed E-state index contributed by atoms with van der Waals surface area (Å²) in [6, 6.07) is 0. The highest BCUT2D eigenvalue weighted by molar-refractivity contribution is 5.90. The minimum Gasteiger partial charge on any atom is -0.259 e. The van der Waals surface area contributed by atoms with Crippen LogP contribution in [0, 0.1) is 34.6 Å². The minimum absolute atomic E-state index is 0.0193. The first-order valence-corrected chi connectivity index (χ1v) is 6.62. The zero-order valence-corrected chi connectivity index (χ0v) is 12.9. The largest absolute Gasteiger partial charge is 0.259 e. The van der Waals surface area contributed by atoms with Crippen molar-refractivity contribution in [2.24, 2.45) is 0 Å². The molecule has 0 saturated carbocycles. The monoisotopic (exact) mass is 244 g/mol. The number of aryl methyl sites for hydroxylation is 3. The molecule has 2 rings (SSSR count). The summed E-state index contributed by atoms with van der Waals surface area (Å²) in [6.45, 7) is 17.6. The van der Waals surface area contributed by atoms with Crippen molar-refractivity contribution in [3.8, 4) is 0 Å².